The lowest BCUT2D eigenvalue weighted by molar-refractivity contribution is -0.125. The van der Waals surface area contributed by atoms with E-state index in [1.165, 1.54) is 38.8 Å². The van der Waals surface area contributed by atoms with E-state index in [1.54, 1.807) is 0 Å². The molecule has 2 bridgehead atoms. The molecule has 0 aromatic rings. The number of nitrogens with zero attached hydrogens (tertiary/aromatic N) is 2. The molecule has 0 spiro atoms. The standard InChI is InChI=1S/C15H26N2O/c1-16-13-6-7-14(16)11-17(9-8-13)10-12-4-2-3-5-15(12)18/h12-14H,2-11H2,1H3. The summed E-state index contributed by atoms with van der Waals surface area (Å²) in [5.74, 6) is 0.879. The molecule has 3 fully saturated rings. The second-order valence-electron chi connectivity index (χ2n) is 6.51. The van der Waals surface area contributed by atoms with Crippen LogP contribution in [0.4, 0.5) is 0 Å². The van der Waals surface area contributed by atoms with Crippen molar-refractivity contribution in [3.8, 4) is 0 Å². The van der Waals surface area contributed by atoms with Gasteiger partial charge in [-0.05, 0) is 45.7 Å². The summed E-state index contributed by atoms with van der Waals surface area (Å²) >= 11 is 0. The summed E-state index contributed by atoms with van der Waals surface area (Å²) < 4.78 is 0. The minimum atomic E-state index is 0.348. The molecule has 3 aliphatic rings. The van der Waals surface area contributed by atoms with Crippen molar-refractivity contribution in [2.45, 2.75) is 57.0 Å². The van der Waals surface area contributed by atoms with Gasteiger partial charge in [-0.3, -0.25) is 9.69 Å². The molecule has 2 aliphatic heterocycles. The first-order valence-corrected chi connectivity index (χ1v) is 7.71. The topological polar surface area (TPSA) is 23.6 Å². The average molecular weight is 250 g/mol. The second kappa shape index (κ2) is 5.30. The number of fused-ring (bicyclic) bond motifs is 2. The van der Waals surface area contributed by atoms with Crippen molar-refractivity contribution in [2.24, 2.45) is 5.92 Å². The summed E-state index contributed by atoms with van der Waals surface area (Å²) in [7, 11) is 2.29. The van der Waals surface area contributed by atoms with Crippen LogP contribution in [0.5, 0.6) is 0 Å². The predicted molar refractivity (Wildman–Crippen MR) is 72.6 cm³/mol. The zero-order chi connectivity index (χ0) is 12.5. The normalized spacial score (nSPS) is 38.9. The fraction of sp³-hybridized carbons (Fsp3) is 0.933. The largest absolute Gasteiger partial charge is 0.301 e. The van der Waals surface area contributed by atoms with Crippen molar-refractivity contribution in [1.82, 2.24) is 9.80 Å². The van der Waals surface area contributed by atoms with Gasteiger partial charge in [0.25, 0.3) is 0 Å². The molecule has 0 N–H and O–H groups in total. The number of likely N-dealkylation sites (tertiary alicyclic amines) is 1. The Bertz CT molecular complexity index is 318. The molecular weight excluding hydrogens is 224 g/mol. The zero-order valence-electron chi connectivity index (χ0n) is 11.6. The van der Waals surface area contributed by atoms with E-state index >= 15 is 0 Å². The van der Waals surface area contributed by atoms with Gasteiger partial charge >= 0.3 is 0 Å². The lowest BCUT2D eigenvalue weighted by Crippen LogP contribution is -2.40. The van der Waals surface area contributed by atoms with Crippen molar-refractivity contribution in [2.75, 3.05) is 26.7 Å². The number of carbonyl (C=O) groups is 1. The van der Waals surface area contributed by atoms with Crippen LogP contribution in [0.15, 0.2) is 0 Å². The highest BCUT2D eigenvalue weighted by molar-refractivity contribution is 5.81. The minimum Gasteiger partial charge on any atom is -0.301 e. The fourth-order valence-electron chi connectivity index (χ4n) is 4.10. The molecule has 3 nitrogen and oxygen atoms in total. The highest BCUT2D eigenvalue weighted by Gasteiger charge is 2.35. The van der Waals surface area contributed by atoms with Gasteiger partial charge in [0, 0.05) is 37.5 Å². The summed E-state index contributed by atoms with van der Waals surface area (Å²) in [5, 5.41) is 0. The molecule has 3 rings (SSSR count). The van der Waals surface area contributed by atoms with Gasteiger partial charge < -0.3 is 4.90 Å². The highest BCUT2D eigenvalue weighted by atomic mass is 16.1. The van der Waals surface area contributed by atoms with Crippen molar-refractivity contribution < 1.29 is 4.79 Å². The molecule has 2 saturated heterocycles. The summed E-state index contributed by atoms with van der Waals surface area (Å²) in [6.45, 7) is 3.43. The number of carbonyl (C=O) groups excluding carboxylic acids is 1. The van der Waals surface area contributed by atoms with Crippen LogP contribution in [-0.2, 0) is 4.79 Å². The smallest absolute Gasteiger partial charge is 0.137 e. The summed E-state index contributed by atoms with van der Waals surface area (Å²) in [6.07, 6.45) is 8.41. The number of ketones is 1. The molecule has 0 aromatic heterocycles. The first-order chi connectivity index (χ1) is 8.74. The van der Waals surface area contributed by atoms with Gasteiger partial charge in [-0.1, -0.05) is 6.42 Å². The van der Waals surface area contributed by atoms with Crippen LogP contribution in [0.1, 0.15) is 44.9 Å². The Labute approximate surface area is 111 Å². The molecule has 0 amide bonds. The van der Waals surface area contributed by atoms with Crippen LogP contribution < -0.4 is 0 Å². The van der Waals surface area contributed by atoms with Gasteiger partial charge in [-0.25, -0.2) is 0 Å². The van der Waals surface area contributed by atoms with Gasteiger partial charge in [0.2, 0.25) is 0 Å². The number of Topliss-reactive ketones (excluding diaryl/α,β-unsaturated/α-hetero) is 1. The molecule has 3 atom stereocenters. The Kier molecular flexibility index (Phi) is 3.71. The van der Waals surface area contributed by atoms with E-state index in [0.29, 0.717) is 11.7 Å². The Hall–Kier alpha value is -0.410. The van der Waals surface area contributed by atoms with Crippen LogP contribution in [0.2, 0.25) is 0 Å². The molecular formula is C15H26N2O. The average Bonchev–Trinajstić information content (AvgIpc) is 2.60. The van der Waals surface area contributed by atoms with Crippen LogP contribution in [-0.4, -0.2) is 54.3 Å². The summed E-state index contributed by atoms with van der Waals surface area (Å²) in [6, 6.07) is 1.55. The van der Waals surface area contributed by atoms with Crippen molar-refractivity contribution >= 4 is 5.78 Å². The molecule has 0 aromatic carbocycles. The third kappa shape index (κ3) is 2.48. The van der Waals surface area contributed by atoms with Gasteiger partial charge in [0.15, 0.2) is 0 Å². The van der Waals surface area contributed by atoms with E-state index in [1.807, 2.05) is 0 Å². The third-order valence-electron chi connectivity index (χ3n) is 5.39. The maximum absolute atomic E-state index is 11.9. The predicted octanol–water partition coefficient (Wildman–Crippen LogP) is 1.91. The zero-order valence-corrected chi connectivity index (χ0v) is 11.6. The minimum absolute atomic E-state index is 0.348. The monoisotopic (exact) mass is 250 g/mol. The molecule has 0 radical (unpaired) electrons. The Balaban J connectivity index is 1.58. The molecule has 102 valence electrons. The van der Waals surface area contributed by atoms with Crippen LogP contribution in [0.25, 0.3) is 0 Å². The fourth-order valence-corrected chi connectivity index (χ4v) is 4.10. The molecule has 3 heteroatoms. The lowest BCUT2D eigenvalue weighted by Gasteiger charge is -2.30. The van der Waals surface area contributed by atoms with Crippen LogP contribution >= 0.6 is 0 Å². The van der Waals surface area contributed by atoms with Crippen molar-refractivity contribution in [1.29, 1.82) is 0 Å². The van der Waals surface area contributed by atoms with Gasteiger partial charge in [0.1, 0.15) is 5.78 Å². The lowest BCUT2D eigenvalue weighted by atomic mass is 9.87. The first kappa shape index (κ1) is 12.6. The summed E-state index contributed by atoms with van der Waals surface area (Å²) in [5.41, 5.74) is 0. The van der Waals surface area contributed by atoms with Gasteiger partial charge in [-0.15, -0.1) is 0 Å². The van der Waals surface area contributed by atoms with Crippen molar-refractivity contribution in [3.63, 3.8) is 0 Å². The second-order valence-corrected chi connectivity index (χ2v) is 6.51. The van der Waals surface area contributed by atoms with E-state index in [0.717, 1.165) is 37.9 Å². The quantitative estimate of drug-likeness (QED) is 0.748. The van der Waals surface area contributed by atoms with E-state index < -0.39 is 0 Å². The SMILES string of the molecule is CN1C2CCC1CN(CC1CCCCC1=O)CC2. The van der Waals surface area contributed by atoms with E-state index in [-0.39, 0.29) is 0 Å². The number of likely N-dealkylation sites (N-methyl/N-ethyl adjacent to an activating group) is 1. The molecule has 2 heterocycles. The molecule has 3 unspecified atom stereocenters. The Morgan fingerprint density at radius 3 is 2.78 bits per heavy atom. The molecule has 18 heavy (non-hydrogen) atoms. The number of hydrogen-bond acceptors (Lipinski definition) is 3. The Morgan fingerprint density at radius 1 is 1.11 bits per heavy atom. The third-order valence-corrected chi connectivity index (χ3v) is 5.39. The van der Waals surface area contributed by atoms with Crippen LogP contribution in [0.3, 0.4) is 0 Å². The van der Waals surface area contributed by atoms with Gasteiger partial charge in [0.05, 0.1) is 0 Å². The molecule has 1 saturated carbocycles. The van der Waals surface area contributed by atoms with Crippen LogP contribution in [0, 0.1) is 5.92 Å². The van der Waals surface area contributed by atoms with Crippen molar-refractivity contribution in [3.05, 3.63) is 0 Å². The maximum Gasteiger partial charge on any atom is 0.137 e. The summed E-state index contributed by atoms with van der Waals surface area (Å²) in [4.78, 5) is 17.1. The Morgan fingerprint density at radius 2 is 1.94 bits per heavy atom. The highest BCUT2D eigenvalue weighted by Crippen LogP contribution is 2.29. The molecule has 1 aliphatic carbocycles. The van der Waals surface area contributed by atoms with E-state index in [2.05, 4.69) is 16.8 Å². The number of rotatable bonds is 2. The van der Waals surface area contributed by atoms with Gasteiger partial charge in [-0.2, -0.15) is 0 Å². The van der Waals surface area contributed by atoms with E-state index in [9.17, 15) is 4.79 Å². The van der Waals surface area contributed by atoms with E-state index in [4.69, 9.17) is 0 Å². The number of hydrogen-bond donors (Lipinski definition) is 0. The maximum atomic E-state index is 11.9. The first-order valence-electron chi connectivity index (χ1n) is 7.71.